The summed E-state index contributed by atoms with van der Waals surface area (Å²) in [6, 6.07) is -0.306. The number of carbonyl (C=O) groups is 1. The minimum Gasteiger partial charge on any atom is -0.480 e. The lowest BCUT2D eigenvalue weighted by Crippen LogP contribution is -2.62. The summed E-state index contributed by atoms with van der Waals surface area (Å²) in [5, 5.41) is 11.3. The maximum atomic E-state index is 10.2. The van der Waals surface area contributed by atoms with E-state index < -0.39 is 5.97 Å². The van der Waals surface area contributed by atoms with Crippen molar-refractivity contribution in [3.8, 4) is 0 Å². The van der Waals surface area contributed by atoms with Crippen molar-refractivity contribution in [2.45, 2.75) is 31.8 Å². The number of hydrogen-bond donors (Lipinski definition) is 2. The highest BCUT2D eigenvalue weighted by atomic mass is 16.4. The SMILES string of the molecule is CC1(C)CC(C(=O)O)N1. The molecule has 1 rings (SSSR count). The molecule has 0 aromatic carbocycles. The third-order valence-electron chi connectivity index (χ3n) is 1.58. The Morgan fingerprint density at radius 2 is 2.22 bits per heavy atom. The van der Waals surface area contributed by atoms with Gasteiger partial charge in [0.15, 0.2) is 0 Å². The summed E-state index contributed by atoms with van der Waals surface area (Å²) in [5.74, 6) is -0.741. The van der Waals surface area contributed by atoms with Crippen molar-refractivity contribution in [1.29, 1.82) is 0 Å². The van der Waals surface area contributed by atoms with Crippen LogP contribution in [0.5, 0.6) is 0 Å². The first-order chi connectivity index (χ1) is 4.01. The molecule has 52 valence electrons. The van der Waals surface area contributed by atoms with Crippen molar-refractivity contribution in [2.75, 3.05) is 0 Å². The highest BCUT2D eigenvalue weighted by Gasteiger charge is 2.39. The molecule has 0 aromatic heterocycles. The molecule has 3 heteroatoms. The van der Waals surface area contributed by atoms with Gasteiger partial charge in [0.25, 0.3) is 0 Å². The Morgan fingerprint density at radius 1 is 1.78 bits per heavy atom. The molecule has 0 spiro atoms. The van der Waals surface area contributed by atoms with Crippen molar-refractivity contribution >= 4 is 5.97 Å². The molecule has 1 atom stereocenters. The van der Waals surface area contributed by atoms with Crippen LogP contribution in [0, 0.1) is 0 Å². The van der Waals surface area contributed by atoms with E-state index in [4.69, 9.17) is 5.11 Å². The number of aliphatic carboxylic acids is 1. The van der Waals surface area contributed by atoms with E-state index in [-0.39, 0.29) is 11.6 Å². The highest BCUT2D eigenvalue weighted by Crippen LogP contribution is 2.22. The van der Waals surface area contributed by atoms with Gasteiger partial charge in [0.2, 0.25) is 0 Å². The van der Waals surface area contributed by atoms with Gasteiger partial charge >= 0.3 is 5.97 Å². The van der Waals surface area contributed by atoms with Crippen LogP contribution < -0.4 is 5.32 Å². The summed E-state index contributed by atoms with van der Waals surface area (Å²) in [5.41, 5.74) is 0.0447. The first-order valence-corrected chi connectivity index (χ1v) is 3.02. The molecule has 1 fully saturated rings. The van der Waals surface area contributed by atoms with Crippen molar-refractivity contribution in [3.63, 3.8) is 0 Å². The molecule has 1 aliphatic heterocycles. The van der Waals surface area contributed by atoms with Gasteiger partial charge in [-0.1, -0.05) is 0 Å². The van der Waals surface area contributed by atoms with E-state index in [1.54, 1.807) is 0 Å². The molecule has 9 heavy (non-hydrogen) atoms. The predicted molar refractivity (Wildman–Crippen MR) is 33.3 cm³/mol. The Balaban J connectivity index is 2.35. The molecular formula is C6H11NO2. The van der Waals surface area contributed by atoms with Crippen LogP contribution in [0.2, 0.25) is 0 Å². The van der Waals surface area contributed by atoms with Crippen molar-refractivity contribution in [1.82, 2.24) is 5.32 Å². The van der Waals surface area contributed by atoms with Gasteiger partial charge in [-0.15, -0.1) is 0 Å². The molecule has 2 N–H and O–H groups in total. The van der Waals surface area contributed by atoms with Crippen LogP contribution in [0.15, 0.2) is 0 Å². The fourth-order valence-corrected chi connectivity index (χ4v) is 1.11. The smallest absolute Gasteiger partial charge is 0.320 e. The summed E-state index contributed by atoms with van der Waals surface area (Å²) in [4.78, 5) is 10.2. The normalized spacial score (nSPS) is 31.1. The molecule has 0 amide bonds. The molecular weight excluding hydrogens is 118 g/mol. The maximum Gasteiger partial charge on any atom is 0.320 e. The van der Waals surface area contributed by atoms with E-state index in [0.29, 0.717) is 0 Å². The van der Waals surface area contributed by atoms with Gasteiger partial charge in [-0.3, -0.25) is 10.1 Å². The standard InChI is InChI=1S/C6H11NO2/c1-6(2)3-4(7-6)5(8)9/h4,7H,3H2,1-2H3,(H,8,9). The molecule has 1 saturated heterocycles. The molecule has 0 aromatic rings. The van der Waals surface area contributed by atoms with E-state index in [1.165, 1.54) is 0 Å². The average molecular weight is 129 g/mol. The Bertz CT molecular complexity index is 134. The number of carboxylic acids is 1. The molecule has 0 saturated carbocycles. The van der Waals surface area contributed by atoms with E-state index in [0.717, 1.165) is 6.42 Å². The third-order valence-corrected chi connectivity index (χ3v) is 1.58. The summed E-state index contributed by atoms with van der Waals surface area (Å²) >= 11 is 0. The van der Waals surface area contributed by atoms with Crippen molar-refractivity contribution in [2.24, 2.45) is 0 Å². The van der Waals surface area contributed by atoms with Crippen molar-refractivity contribution < 1.29 is 9.90 Å². The molecule has 0 bridgehead atoms. The Hall–Kier alpha value is -0.570. The largest absolute Gasteiger partial charge is 0.480 e. The molecule has 1 aliphatic rings. The monoisotopic (exact) mass is 129 g/mol. The lowest BCUT2D eigenvalue weighted by molar-refractivity contribution is -0.143. The van der Waals surface area contributed by atoms with Gasteiger partial charge < -0.3 is 5.11 Å². The number of nitrogens with one attached hydrogen (secondary N) is 1. The quantitative estimate of drug-likeness (QED) is 0.532. The summed E-state index contributed by atoms with van der Waals surface area (Å²) in [6.45, 7) is 3.98. The van der Waals surface area contributed by atoms with Crippen LogP contribution in [0.1, 0.15) is 20.3 Å². The zero-order valence-corrected chi connectivity index (χ0v) is 5.64. The van der Waals surface area contributed by atoms with Crippen LogP contribution in [0.3, 0.4) is 0 Å². The molecule has 1 heterocycles. The first-order valence-electron chi connectivity index (χ1n) is 3.02. The Morgan fingerprint density at radius 3 is 2.33 bits per heavy atom. The minimum absolute atomic E-state index is 0.0447. The molecule has 0 radical (unpaired) electrons. The molecule has 1 unspecified atom stereocenters. The molecule has 0 aliphatic carbocycles. The summed E-state index contributed by atoms with van der Waals surface area (Å²) in [6.07, 6.45) is 0.738. The van der Waals surface area contributed by atoms with E-state index in [1.807, 2.05) is 13.8 Å². The average Bonchev–Trinajstić information content (AvgIpc) is 1.59. The van der Waals surface area contributed by atoms with Gasteiger partial charge in [0, 0.05) is 5.54 Å². The highest BCUT2D eigenvalue weighted by molar-refractivity contribution is 5.75. The Kier molecular flexibility index (Phi) is 1.24. The number of hydrogen-bond acceptors (Lipinski definition) is 2. The Labute approximate surface area is 54.1 Å². The predicted octanol–water partition coefficient (Wildman–Crippen LogP) is 0.212. The second-order valence-corrected chi connectivity index (χ2v) is 3.12. The lowest BCUT2D eigenvalue weighted by Gasteiger charge is -2.41. The van der Waals surface area contributed by atoms with E-state index >= 15 is 0 Å². The fraction of sp³-hybridized carbons (Fsp3) is 0.833. The van der Waals surface area contributed by atoms with Gasteiger partial charge in [0.1, 0.15) is 6.04 Å². The topological polar surface area (TPSA) is 49.3 Å². The van der Waals surface area contributed by atoms with Gasteiger partial charge in [-0.05, 0) is 20.3 Å². The van der Waals surface area contributed by atoms with Gasteiger partial charge in [-0.25, -0.2) is 0 Å². The van der Waals surface area contributed by atoms with Crippen molar-refractivity contribution in [3.05, 3.63) is 0 Å². The zero-order chi connectivity index (χ0) is 7.07. The second kappa shape index (κ2) is 1.70. The van der Waals surface area contributed by atoms with Crippen LogP contribution in [-0.2, 0) is 4.79 Å². The number of carboxylic acid groups (broad SMARTS) is 1. The van der Waals surface area contributed by atoms with Crippen LogP contribution in [0.25, 0.3) is 0 Å². The van der Waals surface area contributed by atoms with E-state index in [2.05, 4.69) is 5.32 Å². The first kappa shape index (κ1) is 6.55. The third kappa shape index (κ3) is 1.21. The second-order valence-electron chi connectivity index (χ2n) is 3.12. The summed E-state index contributed by atoms with van der Waals surface area (Å²) < 4.78 is 0. The maximum absolute atomic E-state index is 10.2. The van der Waals surface area contributed by atoms with Crippen LogP contribution in [0.4, 0.5) is 0 Å². The molecule has 3 nitrogen and oxygen atoms in total. The van der Waals surface area contributed by atoms with Crippen LogP contribution >= 0.6 is 0 Å². The fourth-order valence-electron chi connectivity index (χ4n) is 1.11. The zero-order valence-electron chi connectivity index (χ0n) is 5.64. The van der Waals surface area contributed by atoms with Crippen LogP contribution in [-0.4, -0.2) is 22.7 Å². The summed E-state index contributed by atoms with van der Waals surface area (Å²) in [7, 11) is 0. The van der Waals surface area contributed by atoms with Gasteiger partial charge in [-0.2, -0.15) is 0 Å². The minimum atomic E-state index is -0.741. The lowest BCUT2D eigenvalue weighted by atomic mass is 9.85. The van der Waals surface area contributed by atoms with Gasteiger partial charge in [0.05, 0.1) is 0 Å². The number of rotatable bonds is 1. The van der Waals surface area contributed by atoms with E-state index in [9.17, 15) is 4.79 Å².